The Labute approximate surface area is 182 Å². The second-order valence-electron chi connectivity index (χ2n) is 8.03. The first kappa shape index (κ1) is 21.7. The van der Waals surface area contributed by atoms with Gasteiger partial charge in [-0.15, -0.1) is 0 Å². The zero-order chi connectivity index (χ0) is 21.8. The highest BCUT2D eigenvalue weighted by atomic mass is 32.2. The first-order chi connectivity index (χ1) is 15.0. The Morgan fingerprint density at radius 3 is 2.55 bits per heavy atom. The summed E-state index contributed by atoms with van der Waals surface area (Å²) in [6.45, 7) is 2.05. The van der Waals surface area contributed by atoms with Crippen LogP contribution in [0.1, 0.15) is 37.4 Å². The Bertz CT molecular complexity index is 1020. The molecule has 0 spiro atoms. The fourth-order valence-corrected chi connectivity index (χ4v) is 5.86. The molecular weight excluding hydrogens is 418 g/mol. The maximum Gasteiger partial charge on any atom is 0.293 e. The van der Waals surface area contributed by atoms with Crippen molar-refractivity contribution in [2.45, 2.75) is 36.7 Å². The monoisotopic (exact) mass is 445 g/mol. The Kier molecular flexibility index (Phi) is 6.54. The second-order valence-corrected chi connectivity index (χ2v) is 9.97. The van der Waals surface area contributed by atoms with E-state index in [9.17, 15) is 18.5 Å². The van der Waals surface area contributed by atoms with E-state index in [0.29, 0.717) is 31.9 Å². The van der Waals surface area contributed by atoms with E-state index in [1.807, 2.05) is 30.3 Å². The maximum atomic E-state index is 12.9. The summed E-state index contributed by atoms with van der Waals surface area (Å²) in [6, 6.07) is 14.1. The van der Waals surface area contributed by atoms with Crippen LogP contribution >= 0.6 is 0 Å². The van der Waals surface area contributed by atoms with E-state index in [1.165, 1.54) is 22.5 Å². The zero-order valence-electron chi connectivity index (χ0n) is 17.3. The molecule has 9 heteroatoms. The Morgan fingerprint density at radius 1 is 1.10 bits per heavy atom. The standard InChI is InChI=1S/C22H27N3O5S/c26-25(27)21-15-19(31(28,29)24-12-5-2-6-13-24)9-10-20(21)23-16-18-11-14-30-22(18)17-7-3-1-4-8-17/h1,3-4,7-10,15,18,22-23H,2,5-6,11-14,16H2. The number of ether oxygens (including phenoxy) is 1. The molecule has 2 aliphatic heterocycles. The van der Waals surface area contributed by atoms with Gasteiger partial charge < -0.3 is 10.1 Å². The van der Waals surface area contributed by atoms with Crippen LogP contribution in [0.2, 0.25) is 0 Å². The van der Waals surface area contributed by atoms with Crippen molar-refractivity contribution < 1.29 is 18.1 Å². The van der Waals surface area contributed by atoms with Crippen molar-refractivity contribution >= 4 is 21.4 Å². The molecule has 8 nitrogen and oxygen atoms in total. The lowest BCUT2D eigenvalue weighted by Crippen LogP contribution is -2.35. The summed E-state index contributed by atoms with van der Waals surface area (Å²) in [5.74, 6) is 0.166. The predicted molar refractivity (Wildman–Crippen MR) is 117 cm³/mol. The van der Waals surface area contributed by atoms with Crippen LogP contribution in [0.15, 0.2) is 53.4 Å². The number of nitrogens with zero attached hydrogens (tertiary/aromatic N) is 2. The molecule has 2 atom stereocenters. The number of piperidine rings is 1. The summed E-state index contributed by atoms with van der Waals surface area (Å²) >= 11 is 0. The summed E-state index contributed by atoms with van der Waals surface area (Å²) < 4.78 is 33.1. The van der Waals surface area contributed by atoms with Crippen molar-refractivity contribution in [3.63, 3.8) is 0 Å². The van der Waals surface area contributed by atoms with E-state index >= 15 is 0 Å². The fraction of sp³-hybridized carbons (Fsp3) is 0.455. The third kappa shape index (κ3) is 4.73. The molecule has 2 unspecified atom stereocenters. The smallest absolute Gasteiger partial charge is 0.293 e. The lowest BCUT2D eigenvalue weighted by atomic mass is 9.95. The number of benzene rings is 2. The van der Waals surface area contributed by atoms with Gasteiger partial charge in [0.05, 0.1) is 15.9 Å². The van der Waals surface area contributed by atoms with E-state index in [2.05, 4.69) is 5.32 Å². The SMILES string of the molecule is O=[N+]([O-])c1cc(S(=O)(=O)N2CCCCC2)ccc1NCC1CCOC1c1ccccc1. The number of nitro benzene ring substituents is 1. The molecule has 166 valence electrons. The summed E-state index contributed by atoms with van der Waals surface area (Å²) in [7, 11) is -3.73. The van der Waals surface area contributed by atoms with Gasteiger partial charge in [-0.3, -0.25) is 10.1 Å². The molecule has 31 heavy (non-hydrogen) atoms. The third-order valence-corrected chi connectivity index (χ3v) is 7.91. The Morgan fingerprint density at radius 2 is 1.84 bits per heavy atom. The van der Waals surface area contributed by atoms with Gasteiger partial charge in [0.15, 0.2) is 0 Å². The molecule has 2 aromatic carbocycles. The van der Waals surface area contributed by atoms with Crippen molar-refractivity contribution in [1.82, 2.24) is 4.31 Å². The number of hydrogen-bond acceptors (Lipinski definition) is 6. The number of anilines is 1. The molecule has 2 aliphatic rings. The highest BCUT2D eigenvalue weighted by Crippen LogP contribution is 2.36. The van der Waals surface area contributed by atoms with Crippen LogP contribution in [-0.2, 0) is 14.8 Å². The Hall–Kier alpha value is -2.49. The summed E-state index contributed by atoms with van der Waals surface area (Å²) in [6.07, 6.45) is 3.41. The minimum atomic E-state index is -3.73. The van der Waals surface area contributed by atoms with Crippen LogP contribution in [0.4, 0.5) is 11.4 Å². The highest BCUT2D eigenvalue weighted by Gasteiger charge is 2.31. The lowest BCUT2D eigenvalue weighted by Gasteiger charge is -2.26. The molecule has 2 saturated heterocycles. The van der Waals surface area contributed by atoms with Crippen molar-refractivity contribution in [2.75, 3.05) is 31.6 Å². The van der Waals surface area contributed by atoms with E-state index < -0.39 is 14.9 Å². The van der Waals surface area contributed by atoms with Crippen LogP contribution in [0, 0.1) is 16.0 Å². The van der Waals surface area contributed by atoms with E-state index in [1.54, 1.807) is 0 Å². The van der Waals surface area contributed by atoms with Crippen LogP contribution in [0.3, 0.4) is 0 Å². The minimum absolute atomic E-state index is 0.0296. The molecule has 2 heterocycles. The quantitative estimate of drug-likeness (QED) is 0.511. The third-order valence-electron chi connectivity index (χ3n) is 6.02. The van der Waals surface area contributed by atoms with Crippen LogP contribution < -0.4 is 5.32 Å². The van der Waals surface area contributed by atoms with Crippen LogP contribution in [0.25, 0.3) is 0 Å². The maximum absolute atomic E-state index is 12.9. The van der Waals surface area contributed by atoms with Gasteiger partial charge in [-0.2, -0.15) is 4.31 Å². The molecule has 0 aromatic heterocycles. The van der Waals surface area contributed by atoms with E-state index in [4.69, 9.17) is 4.74 Å². The van der Waals surface area contributed by atoms with Gasteiger partial charge in [0.25, 0.3) is 5.69 Å². The normalized spacial score (nSPS) is 22.3. The zero-order valence-corrected chi connectivity index (χ0v) is 18.1. The lowest BCUT2D eigenvalue weighted by molar-refractivity contribution is -0.384. The molecular formula is C22H27N3O5S. The average molecular weight is 446 g/mol. The predicted octanol–water partition coefficient (Wildman–Crippen LogP) is 3.96. The van der Waals surface area contributed by atoms with Gasteiger partial charge in [0, 0.05) is 38.2 Å². The molecule has 2 fully saturated rings. The van der Waals surface area contributed by atoms with Crippen molar-refractivity contribution in [3.8, 4) is 0 Å². The van der Waals surface area contributed by atoms with Gasteiger partial charge >= 0.3 is 0 Å². The molecule has 2 aromatic rings. The number of sulfonamides is 1. The van der Waals surface area contributed by atoms with Gasteiger partial charge in [-0.05, 0) is 37.0 Å². The van der Waals surface area contributed by atoms with Crippen LogP contribution in [0.5, 0.6) is 0 Å². The van der Waals surface area contributed by atoms with Crippen molar-refractivity contribution in [2.24, 2.45) is 5.92 Å². The molecule has 0 radical (unpaired) electrons. The largest absolute Gasteiger partial charge is 0.379 e. The number of nitrogens with one attached hydrogen (secondary N) is 1. The van der Waals surface area contributed by atoms with Crippen molar-refractivity contribution in [1.29, 1.82) is 0 Å². The molecule has 0 aliphatic carbocycles. The number of rotatable bonds is 7. The second kappa shape index (κ2) is 9.33. The van der Waals surface area contributed by atoms with E-state index in [-0.39, 0.29) is 22.6 Å². The summed E-state index contributed by atoms with van der Waals surface area (Å²) in [4.78, 5) is 11.1. The Balaban J connectivity index is 1.51. The molecule has 1 N–H and O–H groups in total. The summed E-state index contributed by atoms with van der Waals surface area (Å²) in [5, 5.41) is 14.9. The molecule has 0 bridgehead atoms. The molecule has 0 saturated carbocycles. The van der Waals surface area contributed by atoms with Gasteiger partial charge in [-0.25, -0.2) is 8.42 Å². The van der Waals surface area contributed by atoms with Gasteiger partial charge in [-0.1, -0.05) is 36.8 Å². The van der Waals surface area contributed by atoms with E-state index in [0.717, 1.165) is 31.2 Å². The first-order valence-corrected chi connectivity index (χ1v) is 12.1. The van der Waals surface area contributed by atoms with Crippen molar-refractivity contribution in [3.05, 3.63) is 64.2 Å². The average Bonchev–Trinajstić information content (AvgIpc) is 3.27. The topological polar surface area (TPSA) is 102 Å². The molecule has 4 rings (SSSR count). The minimum Gasteiger partial charge on any atom is -0.379 e. The first-order valence-electron chi connectivity index (χ1n) is 10.7. The summed E-state index contributed by atoms with van der Waals surface area (Å²) in [5.41, 5.74) is 1.18. The van der Waals surface area contributed by atoms with Gasteiger partial charge in [0.1, 0.15) is 5.69 Å². The van der Waals surface area contributed by atoms with Gasteiger partial charge in [0.2, 0.25) is 10.0 Å². The number of hydrogen-bond donors (Lipinski definition) is 1. The number of nitro groups is 1. The van der Waals surface area contributed by atoms with Crippen LogP contribution in [-0.4, -0.2) is 43.9 Å². The fourth-order valence-electron chi connectivity index (χ4n) is 4.32. The molecule has 0 amide bonds. The highest BCUT2D eigenvalue weighted by molar-refractivity contribution is 7.89.